The van der Waals surface area contributed by atoms with Gasteiger partial charge in [-0.3, -0.25) is 19.9 Å². The number of nitro groups is 1. The van der Waals surface area contributed by atoms with Crippen molar-refractivity contribution in [3.63, 3.8) is 0 Å². The molecule has 0 aliphatic rings. The minimum Gasteiger partial charge on any atom is -0.365 e. The maximum absolute atomic E-state index is 12.4. The molecule has 1 amide bonds. The molecular weight excluding hydrogens is 339 g/mol. The zero-order valence-corrected chi connectivity index (χ0v) is 9.64. The highest BCUT2D eigenvalue weighted by molar-refractivity contribution is 14.1. The summed E-state index contributed by atoms with van der Waals surface area (Å²) in [7, 11) is 0. The zero-order chi connectivity index (χ0) is 12.5. The summed E-state index contributed by atoms with van der Waals surface area (Å²) in [4.78, 5) is 23.8. The van der Waals surface area contributed by atoms with Gasteiger partial charge in [0.15, 0.2) is 0 Å². The molecule has 0 aliphatic carbocycles. The van der Waals surface area contributed by atoms with Gasteiger partial charge in [-0.2, -0.15) is 0 Å². The first-order valence-electron chi connectivity index (χ1n) is 3.77. The quantitative estimate of drug-likeness (QED) is 0.512. The SMILES string of the molecule is NC(=O)c1cnc(C(F)F)c(I)c1[N+](=O)[O-]. The first-order chi connectivity index (χ1) is 7.36. The number of hydrogen-bond donors (Lipinski definition) is 1. The molecule has 86 valence electrons. The standard InChI is InChI=1S/C7H4F2IN3O3/c8-6(9)4-3(10)5(13(15)16)2(1-12-4)7(11)14/h1,6H,(H2,11,14). The maximum atomic E-state index is 12.4. The fourth-order valence-electron chi connectivity index (χ4n) is 1.00. The number of pyridine rings is 1. The second kappa shape index (κ2) is 4.63. The van der Waals surface area contributed by atoms with Gasteiger partial charge in [0.05, 0.1) is 4.92 Å². The van der Waals surface area contributed by atoms with Crippen molar-refractivity contribution in [2.75, 3.05) is 0 Å². The van der Waals surface area contributed by atoms with Crippen LogP contribution in [0.2, 0.25) is 0 Å². The smallest absolute Gasteiger partial charge is 0.299 e. The van der Waals surface area contributed by atoms with Crippen LogP contribution in [0.25, 0.3) is 0 Å². The number of carbonyl (C=O) groups excluding carboxylic acids is 1. The number of carbonyl (C=O) groups is 1. The monoisotopic (exact) mass is 343 g/mol. The summed E-state index contributed by atoms with van der Waals surface area (Å²) in [5, 5.41) is 10.6. The predicted octanol–water partition coefficient (Wildman–Crippen LogP) is 1.63. The number of nitrogens with two attached hydrogens (primary N) is 1. The van der Waals surface area contributed by atoms with Crippen molar-refractivity contribution in [2.45, 2.75) is 6.43 Å². The number of amides is 1. The van der Waals surface area contributed by atoms with Gasteiger partial charge in [-0.1, -0.05) is 0 Å². The summed E-state index contributed by atoms with van der Waals surface area (Å²) in [6.45, 7) is 0. The second-order valence-electron chi connectivity index (χ2n) is 2.64. The van der Waals surface area contributed by atoms with Gasteiger partial charge in [0, 0.05) is 6.20 Å². The molecule has 2 N–H and O–H groups in total. The van der Waals surface area contributed by atoms with E-state index in [9.17, 15) is 23.7 Å². The molecule has 0 radical (unpaired) electrons. The normalized spacial score (nSPS) is 10.5. The summed E-state index contributed by atoms with van der Waals surface area (Å²) in [5.41, 5.74) is 2.91. The Morgan fingerprint density at radius 1 is 1.62 bits per heavy atom. The molecule has 0 spiro atoms. The highest BCUT2D eigenvalue weighted by Crippen LogP contribution is 2.31. The van der Waals surface area contributed by atoms with Crippen molar-refractivity contribution < 1.29 is 18.5 Å². The Morgan fingerprint density at radius 2 is 2.19 bits per heavy atom. The van der Waals surface area contributed by atoms with E-state index in [-0.39, 0.29) is 3.57 Å². The van der Waals surface area contributed by atoms with E-state index in [1.165, 1.54) is 22.6 Å². The zero-order valence-electron chi connectivity index (χ0n) is 7.49. The Hall–Kier alpha value is -1.39. The van der Waals surface area contributed by atoms with E-state index in [4.69, 9.17) is 5.73 Å². The van der Waals surface area contributed by atoms with Crippen LogP contribution in [0, 0.1) is 13.7 Å². The third-order valence-electron chi connectivity index (χ3n) is 1.68. The Kier molecular flexibility index (Phi) is 3.67. The number of nitrogens with zero attached hydrogens (tertiary/aromatic N) is 2. The molecule has 0 atom stereocenters. The van der Waals surface area contributed by atoms with E-state index in [0.717, 1.165) is 0 Å². The lowest BCUT2D eigenvalue weighted by Gasteiger charge is -2.05. The molecule has 0 fully saturated rings. The van der Waals surface area contributed by atoms with Crippen LogP contribution in [0.15, 0.2) is 6.20 Å². The van der Waals surface area contributed by atoms with Gasteiger partial charge < -0.3 is 5.73 Å². The molecule has 9 heteroatoms. The summed E-state index contributed by atoms with van der Waals surface area (Å²) in [6, 6.07) is 0. The molecule has 1 aromatic rings. The third-order valence-corrected chi connectivity index (χ3v) is 2.74. The maximum Gasteiger partial charge on any atom is 0.299 e. The van der Waals surface area contributed by atoms with E-state index < -0.39 is 34.2 Å². The van der Waals surface area contributed by atoms with Gasteiger partial charge in [-0.05, 0) is 22.6 Å². The molecule has 0 saturated carbocycles. The lowest BCUT2D eigenvalue weighted by atomic mass is 10.2. The molecular formula is C7H4F2IN3O3. The average Bonchev–Trinajstić information content (AvgIpc) is 2.15. The molecule has 1 rings (SSSR count). The highest BCUT2D eigenvalue weighted by Gasteiger charge is 2.28. The summed E-state index contributed by atoms with van der Waals surface area (Å²) in [6.07, 6.45) is -2.27. The number of aromatic nitrogens is 1. The van der Waals surface area contributed by atoms with E-state index in [0.29, 0.717) is 6.20 Å². The molecule has 0 unspecified atom stereocenters. The van der Waals surface area contributed by atoms with E-state index in [1.807, 2.05) is 0 Å². The first kappa shape index (κ1) is 12.7. The molecule has 0 aromatic carbocycles. The van der Waals surface area contributed by atoms with Crippen LogP contribution < -0.4 is 5.73 Å². The van der Waals surface area contributed by atoms with Crippen LogP contribution in [0.1, 0.15) is 22.5 Å². The van der Waals surface area contributed by atoms with Gasteiger partial charge >= 0.3 is 0 Å². The Balaban J connectivity index is 3.54. The van der Waals surface area contributed by atoms with Crippen LogP contribution in [0.5, 0.6) is 0 Å². The Morgan fingerprint density at radius 3 is 2.56 bits per heavy atom. The largest absolute Gasteiger partial charge is 0.365 e. The van der Waals surface area contributed by atoms with Crippen LogP contribution in [0.3, 0.4) is 0 Å². The molecule has 0 bridgehead atoms. The van der Waals surface area contributed by atoms with Crippen molar-refractivity contribution >= 4 is 34.2 Å². The summed E-state index contributed by atoms with van der Waals surface area (Å²) in [5.74, 6) is -1.09. The summed E-state index contributed by atoms with van der Waals surface area (Å²) >= 11 is 1.34. The minimum absolute atomic E-state index is 0.381. The van der Waals surface area contributed by atoms with E-state index >= 15 is 0 Å². The first-order valence-corrected chi connectivity index (χ1v) is 4.84. The van der Waals surface area contributed by atoms with Crippen molar-refractivity contribution in [1.29, 1.82) is 0 Å². The Bertz CT molecular complexity index is 466. The topological polar surface area (TPSA) is 99.1 Å². The lowest BCUT2D eigenvalue weighted by Crippen LogP contribution is -2.16. The molecule has 0 saturated heterocycles. The van der Waals surface area contributed by atoms with E-state index in [1.54, 1.807) is 0 Å². The number of rotatable bonds is 3. The van der Waals surface area contributed by atoms with Crippen LogP contribution >= 0.6 is 22.6 Å². The predicted molar refractivity (Wildman–Crippen MR) is 57.1 cm³/mol. The van der Waals surface area contributed by atoms with Gasteiger partial charge in [-0.25, -0.2) is 8.78 Å². The van der Waals surface area contributed by atoms with Crippen LogP contribution in [0.4, 0.5) is 14.5 Å². The molecule has 0 aliphatic heterocycles. The van der Waals surface area contributed by atoms with Gasteiger partial charge in [-0.15, -0.1) is 0 Å². The lowest BCUT2D eigenvalue weighted by molar-refractivity contribution is -0.386. The molecule has 6 nitrogen and oxygen atoms in total. The Labute approximate surface area is 101 Å². The molecule has 1 heterocycles. The minimum atomic E-state index is -2.95. The van der Waals surface area contributed by atoms with Crippen molar-refractivity contribution in [3.05, 3.63) is 31.1 Å². The number of primary amides is 1. The van der Waals surface area contributed by atoms with Crippen LogP contribution in [-0.2, 0) is 0 Å². The van der Waals surface area contributed by atoms with Crippen molar-refractivity contribution in [1.82, 2.24) is 4.98 Å². The third kappa shape index (κ3) is 2.23. The van der Waals surface area contributed by atoms with Gasteiger partial charge in [0.2, 0.25) is 0 Å². The van der Waals surface area contributed by atoms with Crippen molar-refractivity contribution in [2.24, 2.45) is 5.73 Å². The van der Waals surface area contributed by atoms with E-state index in [2.05, 4.69) is 4.98 Å². The number of halogens is 3. The number of hydrogen-bond acceptors (Lipinski definition) is 4. The van der Waals surface area contributed by atoms with Gasteiger partial charge in [0.1, 0.15) is 14.8 Å². The highest BCUT2D eigenvalue weighted by atomic mass is 127. The van der Waals surface area contributed by atoms with Crippen LogP contribution in [-0.4, -0.2) is 15.8 Å². The molecule has 1 aromatic heterocycles. The fraction of sp³-hybridized carbons (Fsp3) is 0.143. The molecule has 16 heavy (non-hydrogen) atoms. The second-order valence-corrected chi connectivity index (χ2v) is 3.72. The fourth-order valence-corrected chi connectivity index (χ4v) is 1.86. The number of alkyl halides is 2. The average molecular weight is 343 g/mol. The van der Waals surface area contributed by atoms with Gasteiger partial charge in [0.25, 0.3) is 18.0 Å². The summed E-state index contributed by atoms with van der Waals surface area (Å²) < 4.78 is 24.4. The van der Waals surface area contributed by atoms with Crippen molar-refractivity contribution in [3.8, 4) is 0 Å².